The molecule has 0 bridgehead atoms. The molecule has 19 heavy (non-hydrogen) atoms. The van der Waals surface area contributed by atoms with E-state index in [2.05, 4.69) is 0 Å². The number of anilines is 1. The molecule has 0 spiro atoms. The summed E-state index contributed by atoms with van der Waals surface area (Å²) in [6, 6.07) is 4.72. The van der Waals surface area contributed by atoms with E-state index in [0.717, 1.165) is 0 Å². The fourth-order valence-electron chi connectivity index (χ4n) is 1.69. The van der Waals surface area contributed by atoms with Crippen LogP contribution in [0.5, 0.6) is 0 Å². The predicted molar refractivity (Wildman–Crippen MR) is 76.5 cm³/mol. The third-order valence-corrected chi connectivity index (χ3v) is 3.87. The second kappa shape index (κ2) is 7.04. The third-order valence-electron chi connectivity index (χ3n) is 2.73. The molecule has 0 aliphatic rings. The van der Waals surface area contributed by atoms with Crippen LogP contribution in [0.3, 0.4) is 0 Å². The zero-order chi connectivity index (χ0) is 14.4. The molecule has 104 valence electrons. The topological polar surface area (TPSA) is 83.6 Å². The van der Waals surface area contributed by atoms with Crippen LogP contribution in [-0.2, 0) is 4.79 Å². The fourth-order valence-corrected chi connectivity index (χ4v) is 2.68. The number of carboxylic acids is 1. The Morgan fingerprint density at radius 1 is 1.32 bits per heavy atom. The van der Waals surface area contributed by atoms with Crippen molar-refractivity contribution < 1.29 is 14.7 Å². The largest absolute Gasteiger partial charge is 0.478 e. The summed E-state index contributed by atoms with van der Waals surface area (Å²) in [6.07, 6.45) is 0. The van der Waals surface area contributed by atoms with Crippen LogP contribution in [0.4, 0.5) is 5.69 Å². The van der Waals surface area contributed by atoms with E-state index in [1.54, 1.807) is 17.0 Å². The van der Waals surface area contributed by atoms with E-state index < -0.39 is 5.97 Å². The third kappa shape index (κ3) is 3.89. The number of nitrogen functional groups attached to an aromatic ring is 1. The normalized spacial score (nSPS) is 10.2. The van der Waals surface area contributed by atoms with Gasteiger partial charge in [0.25, 0.3) is 0 Å². The van der Waals surface area contributed by atoms with Crippen molar-refractivity contribution in [3.8, 4) is 0 Å². The van der Waals surface area contributed by atoms with Gasteiger partial charge >= 0.3 is 5.97 Å². The molecule has 0 unspecified atom stereocenters. The first-order valence-electron chi connectivity index (χ1n) is 6.03. The minimum Gasteiger partial charge on any atom is -0.478 e. The molecule has 0 aliphatic heterocycles. The lowest BCUT2D eigenvalue weighted by Crippen LogP contribution is -2.31. The van der Waals surface area contributed by atoms with Gasteiger partial charge in [0.2, 0.25) is 5.91 Å². The number of aromatic carboxylic acids is 1. The summed E-state index contributed by atoms with van der Waals surface area (Å²) >= 11 is 1.17. The molecular weight excluding hydrogens is 264 g/mol. The van der Waals surface area contributed by atoms with Crippen molar-refractivity contribution in [2.24, 2.45) is 0 Å². The van der Waals surface area contributed by atoms with E-state index in [4.69, 9.17) is 10.8 Å². The van der Waals surface area contributed by atoms with Crippen LogP contribution < -0.4 is 5.73 Å². The van der Waals surface area contributed by atoms with Crippen molar-refractivity contribution in [3.63, 3.8) is 0 Å². The number of carbonyl (C=O) groups excluding carboxylic acids is 1. The van der Waals surface area contributed by atoms with Crippen LogP contribution >= 0.6 is 11.8 Å². The lowest BCUT2D eigenvalue weighted by Gasteiger charge is -2.18. The van der Waals surface area contributed by atoms with Gasteiger partial charge in [-0.25, -0.2) is 4.79 Å². The molecule has 1 amide bonds. The van der Waals surface area contributed by atoms with Crippen molar-refractivity contribution in [2.75, 3.05) is 24.6 Å². The molecular formula is C13H18N2O3S. The molecule has 0 aliphatic carbocycles. The molecule has 0 fully saturated rings. The van der Waals surface area contributed by atoms with Gasteiger partial charge in [0.05, 0.1) is 11.3 Å². The van der Waals surface area contributed by atoms with Crippen molar-refractivity contribution in [1.29, 1.82) is 0 Å². The van der Waals surface area contributed by atoms with E-state index in [9.17, 15) is 9.59 Å². The number of nitrogens with two attached hydrogens (primary N) is 1. The Bertz CT molecular complexity index is 473. The van der Waals surface area contributed by atoms with Crippen molar-refractivity contribution in [1.82, 2.24) is 4.90 Å². The molecule has 0 saturated carbocycles. The average Bonchev–Trinajstić information content (AvgIpc) is 2.38. The Morgan fingerprint density at radius 2 is 1.95 bits per heavy atom. The van der Waals surface area contributed by atoms with Crippen LogP contribution in [-0.4, -0.2) is 40.7 Å². The Kier molecular flexibility index (Phi) is 5.69. The molecule has 0 saturated heterocycles. The maximum absolute atomic E-state index is 11.9. The summed E-state index contributed by atoms with van der Waals surface area (Å²) in [7, 11) is 0. The number of thioether (sulfide) groups is 1. The zero-order valence-corrected chi connectivity index (χ0v) is 11.9. The Labute approximate surface area is 116 Å². The molecule has 6 heteroatoms. The molecule has 0 heterocycles. The van der Waals surface area contributed by atoms with E-state index in [0.29, 0.717) is 23.7 Å². The number of carbonyl (C=O) groups is 2. The van der Waals surface area contributed by atoms with Gasteiger partial charge in [-0.2, -0.15) is 0 Å². The minimum absolute atomic E-state index is 0.0189. The SMILES string of the molecule is CCN(CC)C(=O)CSc1c(N)cccc1C(=O)O. The highest BCUT2D eigenvalue weighted by molar-refractivity contribution is 8.00. The Hall–Kier alpha value is -1.69. The minimum atomic E-state index is -1.04. The summed E-state index contributed by atoms with van der Waals surface area (Å²) < 4.78 is 0. The first-order valence-corrected chi connectivity index (χ1v) is 7.02. The van der Waals surface area contributed by atoms with Gasteiger partial charge in [-0.1, -0.05) is 6.07 Å². The van der Waals surface area contributed by atoms with Crippen molar-refractivity contribution >= 4 is 29.3 Å². The van der Waals surface area contributed by atoms with Crippen molar-refractivity contribution in [2.45, 2.75) is 18.7 Å². The van der Waals surface area contributed by atoms with Gasteiger partial charge in [-0.15, -0.1) is 11.8 Å². The highest BCUT2D eigenvalue weighted by atomic mass is 32.2. The van der Waals surface area contributed by atoms with Crippen LogP contribution in [0.25, 0.3) is 0 Å². The fraction of sp³-hybridized carbons (Fsp3) is 0.385. The number of benzene rings is 1. The second-order valence-electron chi connectivity index (χ2n) is 3.88. The smallest absolute Gasteiger partial charge is 0.336 e. The number of nitrogens with zero attached hydrogens (tertiary/aromatic N) is 1. The highest BCUT2D eigenvalue weighted by Gasteiger charge is 2.16. The molecule has 1 rings (SSSR count). The van der Waals surface area contributed by atoms with Gasteiger partial charge < -0.3 is 15.7 Å². The maximum atomic E-state index is 11.9. The number of amides is 1. The van der Waals surface area contributed by atoms with Crippen LogP contribution in [0, 0.1) is 0 Å². The van der Waals surface area contributed by atoms with Crippen LogP contribution in [0.1, 0.15) is 24.2 Å². The molecule has 0 radical (unpaired) electrons. The summed E-state index contributed by atoms with van der Waals surface area (Å²) in [5.74, 6) is -0.865. The summed E-state index contributed by atoms with van der Waals surface area (Å²) in [5, 5.41) is 9.09. The zero-order valence-electron chi connectivity index (χ0n) is 11.0. The lowest BCUT2D eigenvalue weighted by atomic mass is 10.2. The van der Waals surface area contributed by atoms with Gasteiger partial charge in [-0.05, 0) is 26.0 Å². The van der Waals surface area contributed by atoms with Gasteiger partial charge in [-0.3, -0.25) is 4.79 Å². The summed E-state index contributed by atoms with van der Waals surface area (Å²) in [5.41, 5.74) is 6.30. The second-order valence-corrected chi connectivity index (χ2v) is 4.87. The molecule has 5 nitrogen and oxygen atoms in total. The summed E-state index contributed by atoms with van der Waals surface area (Å²) in [4.78, 5) is 25.1. The molecule has 3 N–H and O–H groups in total. The maximum Gasteiger partial charge on any atom is 0.336 e. The van der Waals surface area contributed by atoms with Crippen LogP contribution in [0.15, 0.2) is 23.1 Å². The molecule has 0 aromatic heterocycles. The van der Waals surface area contributed by atoms with Gasteiger partial charge in [0.1, 0.15) is 0 Å². The predicted octanol–water partition coefficient (Wildman–Crippen LogP) is 1.93. The van der Waals surface area contributed by atoms with Gasteiger partial charge in [0, 0.05) is 23.7 Å². The average molecular weight is 282 g/mol. The summed E-state index contributed by atoms with van der Waals surface area (Å²) in [6.45, 7) is 5.11. The molecule has 0 atom stereocenters. The Morgan fingerprint density at radius 3 is 2.47 bits per heavy atom. The lowest BCUT2D eigenvalue weighted by molar-refractivity contribution is -0.127. The number of hydrogen-bond donors (Lipinski definition) is 2. The van der Waals surface area contributed by atoms with Crippen LogP contribution in [0.2, 0.25) is 0 Å². The molecule has 1 aromatic carbocycles. The monoisotopic (exact) mass is 282 g/mol. The first kappa shape index (κ1) is 15.4. The first-order chi connectivity index (χ1) is 9.01. The van der Waals surface area contributed by atoms with E-state index in [-0.39, 0.29) is 17.2 Å². The van der Waals surface area contributed by atoms with E-state index in [1.165, 1.54) is 17.8 Å². The number of carboxylic acid groups (broad SMARTS) is 1. The van der Waals surface area contributed by atoms with E-state index in [1.807, 2.05) is 13.8 Å². The number of hydrogen-bond acceptors (Lipinski definition) is 4. The highest BCUT2D eigenvalue weighted by Crippen LogP contribution is 2.29. The molecule has 1 aromatic rings. The van der Waals surface area contributed by atoms with Gasteiger partial charge in [0.15, 0.2) is 0 Å². The number of rotatable bonds is 6. The van der Waals surface area contributed by atoms with E-state index >= 15 is 0 Å². The van der Waals surface area contributed by atoms with Crippen molar-refractivity contribution in [3.05, 3.63) is 23.8 Å². The quantitative estimate of drug-likeness (QED) is 0.615. The standard InChI is InChI=1S/C13H18N2O3S/c1-3-15(4-2)11(16)8-19-12-9(13(17)18)6-5-7-10(12)14/h5-7H,3-4,8,14H2,1-2H3,(H,17,18). The Balaban J connectivity index is 2.83.